The summed E-state index contributed by atoms with van der Waals surface area (Å²) in [6.07, 6.45) is 2.33. The Hall–Kier alpha value is -3.15. The molecule has 1 unspecified atom stereocenters. The van der Waals surface area contributed by atoms with E-state index in [1.54, 1.807) is 19.3 Å². The molecule has 1 aromatic carbocycles. The fraction of sp³-hybridized carbons (Fsp3) is 0.250. The molecular formula is C20H19N3O3. The van der Waals surface area contributed by atoms with Crippen LogP contribution in [-0.2, 0) is 4.79 Å². The Bertz CT molecular complexity index is 1060. The molecule has 0 bridgehead atoms. The van der Waals surface area contributed by atoms with Gasteiger partial charge in [-0.15, -0.1) is 0 Å². The lowest BCUT2D eigenvalue weighted by molar-refractivity contribution is -0.132. The maximum atomic E-state index is 12.8. The van der Waals surface area contributed by atoms with Crippen molar-refractivity contribution in [2.24, 2.45) is 5.10 Å². The summed E-state index contributed by atoms with van der Waals surface area (Å²) in [7, 11) is 0. The number of pyridine rings is 1. The number of aryl methyl sites for hydroxylation is 1. The minimum Gasteiger partial charge on any atom is -0.463 e. The molecule has 26 heavy (non-hydrogen) atoms. The van der Waals surface area contributed by atoms with E-state index in [2.05, 4.69) is 10.1 Å². The summed E-state index contributed by atoms with van der Waals surface area (Å²) in [5.74, 6) is 0.495. The van der Waals surface area contributed by atoms with Crippen LogP contribution >= 0.6 is 0 Å². The van der Waals surface area contributed by atoms with E-state index in [0.717, 1.165) is 16.5 Å². The number of nitrogens with one attached hydrogen (secondary N) is 1. The highest BCUT2D eigenvalue weighted by Gasteiger charge is 2.35. The topological polar surface area (TPSA) is 78.7 Å². The summed E-state index contributed by atoms with van der Waals surface area (Å²) in [6, 6.07) is 10.9. The monoisotopic (exact) mass is 349 g/mol. The van der Waals surface area contributed by atoms with Crippen molar-refractivity contribution in [3.63, 3.8) is 0 Å². The van der Waals surface area contributed by atoms with Gasteiger partial charge in [0.15, 0.2) is 0 Å². The first-order chi connectivity index (χ1) is 12.6. The van der Waals surface area contributed by atoms with Crippen molar-refractivity contribution in [1.29, 1.82) is 0 Å². The van der Waals surface area contributed by atoms with Gasteiger partial charge in [-0.2, -0.15) is 5.10 Å². The van der Waals surface area contributed by atoms with Crippen LogP contribution in [0.1, 0.15) is 42.7 Å². The number of aromatic amines is 1. The lowest BCUT2D eigenvalue weighted by atomic mass is 9.99. The molecule has 0 spiro atoms. The van der Waals surface area contributed by atoms with E-state index in [-0.39, 0.29) is 11.5 Å². The number of benzene rings is 1. The smallest absolute Gasteiger partial charge is 0.253 e. The lowest BCUT2D eigenvalue weighted by Crippen LogP contribution is -2.30. The number of carbonyl (C=O) groups is 1. The summed E-state index contributed by atoms with van der Waals surface area (Å²) < 4.78 is 5.42. The molecule has 6 nitrogen and oxygen atoms in total. The molecule has 0 radical (unpaired) electrons. The van der Waals surface area contributed by atoms with Crippen molar-refractivity contribution < 1.29 is 9.21 Å². The van der Waals surface area contributed by atoms with Crippen LogP contribution in [0.2, 0.25) is 0 Å². The number of hydrogen-bond acceptors (Lipinski definition) is 4. The molecule has 1 amide bonds. The predicted octanol–water partition coefficient (Wildman–Crippen LogP) is 3.52. The Balaban J connectivity index is 1.81. The molecule has 0 saturated heterocycles. The number of furan rings is 1. The third-order valence-corrected chi connectivity index (χ3v) is 4.75. The molecule has 0 saturated carbocycles. The molecular weight excluding hydrogens is 330 g/mol. The third kappa shape index (κ3) is 2.63. The summed E-state index contributed by atoms with van der Waals surface area (Å²) in [5.41, 5.74) is 2.84. The second kappa shape index (κ2) is 6.29. The summed E-state index contributed by atoms with van der Waals surface area (Å²) in [5, 5.41) is 6.81. The Morgan fingerprint density at radius 2 is 2.19 bits per heavy atom. The van der Waals surface area contributed by atoms with Crippen LogP contribution in [0.4, 0.5) is 0 Å². The highest BCUT2D eigenvalue weighted by atomic mass is 16.3. The molecule has 0 aliphatic carbocycles. The van der Waals surface area contributed by atoms with Crippen LogP contribution in [0.25, 0.3) is 10.9 Å². The van der Waals surface area contributed by atoms with Gasteiger partial charge in [0.25, 0.3) is 5.56 Å². The highest BCUT2D eigenvalue weighted by Crippen LogP contribution is 2.32. The first-order valence-corrected chi connectivity index (χ1v) is 8.64. The summed E-state index contributed by atoms with van der Waals surface area (Å²) in [4.78, 5) is 28.1. The second-order valence-electron chi connectivity index (χ2n) is 6.43. The van der Waals surface area contributed by atoms with Crippen LogP contribution in [0, 0.1) is 6.92 Å². The first kappa shape index (κ1) is 16.3. The molecule has 4 rings (SSSR count). The highest BCUT2D eigenvalue weighted by molar-refractivity contribution is 6.01. The number of hydrogen-bond donors (Lipinski definition) is 1. The van der Waals surface area contributed by atoms with Gasteiger partial charge in [0.05, 0.1) is 17.8 Å². The number of fused-ring (bicyclic) bond motifs is 1. The van der Waals surface area contributed by atoms with Crippen molar-refractivity contribution >= 4 is 22.5 Å². The average molecular weight is 349 g/mol. The van der Waals surface area contributed by atoms with Crippen LogP contribution in [0.3, 0.4) is 0 Å². The van der Waals surface area contributed by atoms with Crippen LogP contribution in [0.15, 0.2) is 57.0 Å². The van der Waals surface area contributed by atoms with Gasteiger partial charge in [0.1, 0.15) is 11.5 Å². The molecule has 0 fully saturated rings. The molecule has 1 aliphatic heterocycles. The van der Waals surface area contributed by atoms with E-state index < -0.39 is 6.04 Å². The maximum absolute atomic E-state index is 12.8. The number of nitrogens with zero attached hydrogens (tertiary/aromatic N) is 2. The van der Waals surface area contributed by atoms with Crippen molar-refractivity contribution in [3.8, 4) is 0 Å². The minimum atomic E-state index is -0.434. The van der Waals surface area contributed by atoms with E-state index in [9.17, 15) is 9.59 Å². The van der Waals surface area contributed by atoms with E-state index >= 15 is 0 Å². The zero-order valence-electron chi connectivity index (χ0n) is 14.7. The molecule has 3 heterocycles. The van der Waals surface area contributed by atoms with Gasteiger partial charge in [-0.25, -0.2) is 5.01 Å². The molecule has 1 N–H and O–H groups in total. The predicted molar refractivity (Wildman–Crippen MR) is 99.0 cm³/mol. The summed E-state index contributed by atoms with van der Waals surface area (Å²) >= 11 is 0. The molecule has 2 aromatic heterocycles. The van der Waals surface area contributed by atoms with E-state index in [0.29, 0.717) is 29.9 Å². The minimum absolute atomic E-state index is 0.125. The normalized spacial score (nSPS) is 16.9. The zero-order chi connectivity index (χ0) is 18.3. The van der Waals surface area contributed by atoms with Crippen LogP contribution in [0.5, 0.6) is 0 Å². The fourth-order valence-electron chi connectivity index (χ4n) is 3.38. The molecule has 1 atom stereocenters. The van der Waals surface area contributed by atoms with Gasteiger partial charge in [0.2, 0.25) is 5.91 Å². The molecule has 132 valence electrons. The Morgan fingerprint density at radius 1 is 1.35 bits per heavy atom. The quantitative estimate of drug-likeness (QED) is 0.786. The first-order valence-electron chi connectivity index (χ1n) is 8.64. The number of hydrazone groups is 1. The van der Waals surface area contributed by atoms with Gasteiger partial charge in [-0.05, 0) is 36.1 Å². The number of rotatable bonds is 3. The molecule has 6 heteroatoms. The lowest BCUT2D eigenvalue weighted by Gasteiger charge is -2.21. The summed E-state index contributed by atoms with van der Waals surface area (Å²) in [6.45, 7) is 3.74. The zero-order valence-corrected chi connectivity index (χ0v) is 14.7. The van der Waals surface area contributed by atoms with Gasteiger partial charge in [-0.1, -0.05) is 25.1 Å². The van der Waals surface area contributed by atoms with Crippen molar-refractivity contribution in [2.75, 3.05) is 0 Å². The Labute approximate surface area is 150 Å². The van der Waals surface area contributed by atoms with Gasteiger partial charge in [0, 0.05) is 18.4 Å². The van der Waals surface area contributed by atoms with Gasteiger partial charge in [-0.3, -0.25) is 9.59 Å². The fourth-order valence-corrected chi connectivity index (χ4v) is 3.38. The number of para-hydroxylation sites is 1. The van der Waals surface area contributed by atoms with E-state index in [4.69, 9.17) is 4.42 Å². The number of amides is 1. The van der Waals surface area contributed by atoms with Crippen molar-refractivity contribution in [3.05, 3.63) is 69.9 Å². The SMILES string of the molecule is CCC(=O)N1N=C(c2ccco2)CC1c1cc2cccc(C)c2[nH]c1=O. The maximum Gasteiger partial charge on any atom is 0.253 e. The van der Waals surface area contributed by atoms with Gasteiger partial charge >= 0.3 is 0 Å². The number of H-pyrrole nitrogens is 1. The van der Waals surface area contributed by atoms with Crippen LogP contribution < -0.4 is 5.56 Å². The molecule has 1 aliphatic rings. The van der Waals surface area contributed by atoms with Crippen molar-refractivity contribution in [2.45, 2.75) is 32.7 Å². The number of aromatic nitrogens is 1. The van der Waals surface area contributed by atoms with Crippen molar-refractivity contribution in [1.82, 2.24) is 9.99 Å². The van der Waals surface area contributed by atoms with Crippen LogP contribution in [-0.4, -0.2) is 21.6 Å². The second-order valence-corrected chi connectivity index (χ2v) is 6.43. The third-order valence-electron chi connectivity index (χ3n) is 4.75. The Kier molecular flexibility index (Phi) is 3.95. The van der Waals surface area contributed by atoms with E-state index in [1.807, 2.05) is 37.3 Å². The molecule has 3 aromatic rings. The van der Waals surface area contributed by atoms with E-state index in [1.165, 1.54) is 5.01 Å². The standard InChI is InChI=1S/C20H19N3O3/c1-3-18(24)23-16(11-15(22-23)17-8-5-9-26-17)14-10-13-7-4-6-12(2)19(13)21-20(14)25/h4-10,16H,3,11H2,1-2H3,(H,21,25). The average Bonchev–Trinajstić information content (AvgIpc) is 3.31. The van der Waals surface area contributed by atoms with Gasteiger partial charge < -0.3 is 9.40 Å². The number of carbonyl (C=O) groups excluding carboxylic acids is 1. The largest absolute Gasteiger partial charge is 0.463 e. The Morgan fingerprint density at radius 3 is 2.92 bits per heavy atom.